The Kier molecular flexibility index (Phi) is 6.01. The number of rotatable bonds is 6. The molecule has 1 saturated carbocycles. The van der Waals surface area contributed by atoms with E-state index >= 15 is 0 Å². The Morgan fingerprint density at radius 3 is 2.60 bits per heavy atom. The number of hydrogen-bond acceptors (Lipinski definition) is 4. The van der Waals surface area contributed by atoms with Gasteiger partial charge in [-0.05, 0) is 56.2 Å². The number of nitrogens with one attached hydrogen (secondary N) is 1. The van der Waals surface area contributed by atoms with Gasteiger partial charge >= 0.3 is 0 Å². The van der Waals surface area contributed by atoms with Crippen molar-refractivity contribution in [3.05, 3.63) is 15.1 Å². The highest BCUT2D eigenvalue weighted by Crippen LogP contribution is 2.37. The topological polar surface area (TPSA) is 47.0 Å². The van der Waals surface area contributed by atoms with Gasteiger partial charge in [0.15, 0.2) is 5.82 Å². The Balaban J connectivity index is 2.37. The van der Waals surface area contributed by atoms with Crippen LogP contribution in [-0.2, 0) is 4.74 Å². The second kappa shape index (κ2) is 7.54. The molecule has 0 aliphatic heterocycles. The van der Waals surface area contributed by atoms with Gasteiger partial charge in [0.25, 0.3) is 0 Å². The second-order valence-corrected chi connectivity index (χ2v) is 6.32. The number of nitrogens with zero attached hydrogens (tertiary/aromatic N) is 2. The molecule has 2 rings (SSSR count). The van der Waals surface area contributed by atoms with Crippen molar-refractivity contribution >= 4 is 28.4 Å². The zero-order valence-electron chi connectivity index (χ0n) is 12.6. The fourth-order valence-electron chi connectivity index (χ4n) is 2.74. The Morgan fingerprint density at radius 2 is 2.00 bits per heavy atom. The van der Waals surface area contributed by atoms with E-state index in [4.69, 9.17) is 9.72 Å². The Hall–Kier alpha value is -0.430. The highest BCUT2D eigenvalue weighted by atomic mass is 127. The predicted molar refractivity (Wildman–Crippen MR) is 90.2 cm³/mol. The maximum absolute atomic E-state index is 5.66. The lowest BCUT2D eigenvalue weighted by Gasteiger charge is -2.18. The Morgan fingerprint density at radius 1 is 1.30 bits per heavy atom. The van der Waals surface area contributed by atoms with Crippen LogP contribution in [0.25, 0.3) is 0 Å². The minimum atomic E-state index is -0.0467. The van der Waals surface area contributed by atoms with Crippen LogP contribution in [0.5, 0.6) is 0 Å². The van der Waals surface area contributed by atoms with Crippen LogP contribution >= 0.6 is 22.6 Å². The van der Waals surface area contributed by atoms with Crippen LogP contribution in [-0.4, -0.2) is 23.1 Å². The van der Waals surface area contributed by atoms with Crippen molar-refractivity contribution < 1.29 is 4.74 Å². The Labute approximate surface area is 135 Å². The number of halogens is 1. The first-order valence-electron chi connectivity index (χ1n) is 7.60. The molecule has 20 heavy (non-hydrogen) atoms. The average Bonchev–Trinajstić information content (AvgIpc) is 2.95. The monoisotopic (exact) mass is 389 g/mol. The van der Waals surface area contributed by atoms with Gasteiger partial charge in [-0.25, -0.2) is 9.97 Å². The zero-order valence-corrected chi connectivity index (χ0v) is 14.7. The van der Waals surface area contributed by atoms with E-state index in [0.29, 0.717) is 12.5 Å². The molecule has 1 heterocycles. The van der Waals surface area contributed by atoms with E-state index in [1.807, 2.05) is 13.8 Å². The van der Waals surface area contributed by atoms with Crippen LogP contribution in [0.3, 0.4) is 0 Å². The molecule has 112 valence electrons. The molecule has 0 amide bonds. The summed E-state index contributed by atoms with van der Waals surface area (Å²) in [6.45, 7) is 7.69. The number of anilines is 1. The van der Waals surface area contributed by atoms with Gasteiger partial charge in [-0.2, -0.15) is 0 Å². The van der Waals surface area contributed by atoms with Gasteiger partial charge in [-0.3, -0.25) is 0 Å². The van der Waals surface area contributed by atoms with Crippen molar-refractivity contribution in [3.63, 3.8) is 0 Å². The standard InChI is InChI=1S/C15H24IN3O/c1-4-17-15-12(16)13(11-8-6-7-9-11)18-14(19-15)10(3)20-5-2/h10-11H,4-9H2,1-3H3,(H,17,18,19). The van der Waals surface area contributed by atoms with Crippen LogP contribution in [0.15, 0.2) is 0 Å². The summed E-state index contributed by atoms with van der Waals surface area (Å²) in [4.78, 5) is 9.49. The summed E-state index contributed by atoms with van der Waals surface area (Å²) < 4.78 is 6.85. The van der Waals surface area contributed by atoms with Crippen molar-refractivity contribution in [1.29, 1.82) is 0 Å². The predicted octanol–water partition coefficient (Wildman–Crippen LogP) is 4.27. The SMILES string of the molecule is CCNc1nc(C(C)OCC)nc(C2CCCC2)c1I. The molecule has 0 bridgehead atoms. The number of aromatic nitrogens is 2. The molecule has 0 spiro atoms. The smallest absolute Gasteiger partial charge is 0.159 e. The van der Waals surface area contributed by atoms with Crippen LogP contribution in [0, 0.1) is 3.57 Å². The third kappa shape index (κ3) is 3.61. The molecule has 0 saturated heterocycles. The minimum Gasteiger partial charge on any atom is -0.371 e. The lowest BCUT2D eigenvalue weighted by molar-refractivity contribution is 0.0699. The fraction of sp³-hybridized carbons (Fsp3) is 0.733. The summed E-state index contributed by atoms with van der Waals surface area (Å²) in [5.41, 5.74) is 1.22. The maximum atomic E-state index is 5.66. The molecule has 1 fully saturated rings. The van der Waals surface area contributed by atoms with E-state index in [2.05, 4.69) is 39.8 Å². The van der Waals surface area contributed by atoms with Crippen molar-refractivity contribution in [2.24, 2.45) is 0 Å². The molecule has 1 unspecified atom stereocenters. The second-order valence-electron chi connectivity index (χ2n) is 5.24. The molecular weight excluding hydrogens is 365 g/mol. The molecular formula is C15H24IN3O. The summed E-state index contributed by atoms with van der Waals surface area (Å²) in [6.07, 6.45) is 5.09. The highest BCUT2D eigenvalue weighted by Gasteiger charge is 2.25. The molecule has 4 nitrogen and oxygen atoms in total. The van der Waals surface area contributed by atoms with Gasteiger partial charge < -0.3 is 10.1 Å². The van der Waals surface area contributed by atoms with Crippen molar-refractivity contribution in [1.82, 2.24) is 9.97 Å². The molecule has 1 N–H and O–H groups in total. The molecule has 1 aliphatic rings. The minimum absolute atomic E-state index is 0.0467. The summed E-state index contributed by atoms with van der Waals surface area (Å²) >= 11 is 2.39. The first kappa shape index (κ1) is 15.9. The van der Waals surface area contributed by atoms with E-state index in [-0.39, 0.29) is 6.10 Å². The summed E-state index contributed by atoms with van der Waals surface area (Å²) in [5, 5.41) is 3.36. The summed E-state index contributed by atoms with van der Waals surface area (Å²) in [7, 11) is 0. The largest absolute Gasteiger partial charge is 0.371 e. The molecule has 5 heteroatoms. The van der Waals surface area contributed by atoms with Gasteiger partial charge in [-0.15, -0.1) is 0 Å². The van der Waals surface area contributed by atoms with Gasteiger partial charge in [0, 0.05) is 19.1 Å². The van der Waals surface area contributed by atoms with Crippen LogP contribution in [0.4, 0.5) is 5.82 Å². The van der Waals surface area contributed by atoms with E-state index in [1.54, 1.807) is 0 Å². The lowest BCUT2D eigenvalue weighted by Crippen LogP contribution is -2.14. The van der Waals surface area contributed by atoms with Gasteiger partial charge in [0.2, 0.25) is 0 Å². The lowest BCUT2D eigenvalue weighted by atomic mass is 10.0. The van der Waals surface area contributed by atoms with Crippen molar-refractivity contribution in [2.45, 2.75) is 58.5 Å². The third-order valence-electron chi connectivity index (χ3n) is 3.76. The molecule has 1 aromatic heterocycles. The van der Waals surface area contributed by atoms with Crippen molar-refractivity contribution in [3.8, 4) is 0 Å². The molecule has 1 aromatic rings. The van der Waals surface area contributed by atoms with E-state index in [0.717, 1.165) is 18.2 Å². The van der Waals surface area contributed by atoms with E-state index in [1.165, 1.54) is 34.9 Å². The zero-order chi connectivity index (χ0) is 14.5. The summed E-state index contributed by atoms with van der Waals surface area (Å²) in [6, 6.07) is 0. The van der Waals surface area contributed by atoms with Gasteiger partial charge in [0.1, 0.15) is 11.9 Å². The molecule has 0 radical (unpaired) electrons. The molecule has 1 atom stereocenters. The van der Waals surface area contributed by atoms with E-state index in [9.17, 15) is 0 Å². The quantitative estimate of drug-likeness (QED) is 0.739. The third-order valence-corrected chi connectivity index (χ3v) is 4.82. The number of hydrogen-bond donors (Lipinski definition) is 1. The maximum Gasteiger partial charge on any atom is 0.159 e. The first-order chi connectivity index (χ1) is 9.67. The van der Waals surface area contributed by atoms with Gasteiger partial charge in [0.05, 0.1) is 9.26 Å². The van der Waals surface area contributed by atoms with Crippen LogP contribution < -0.4 is 5.32 Å². The van der Waals surface area contributed by atoms with Crippen LogP contribution in [0.2, 0.25) is 0 Å². The highest BCUT2D eigenvalue weighted by molar-refractivity contribution is 14.1. The van der Waals surface area contributed by atoms with Crippen LogP contribution in [0.1, 0.15) is 70.0 Å². The Bertz CT molecular complexity index is 447. The normalized spacial score (nSPS) is 17.4. The molecule has 1 aliphatic carbocycles. The van der Waals surface area contributed by atoms with Gasteiger partial charge in [-0.1, -0.05) is 12.8 Å². The summed E-state index contributed by atoms with van der Waals surface area (Å²) in [5.74, 6) is 2.37. The van der Waals surface area contributed by atoms with E-state index < -0.39 is 0 Å². The fourth-order valence-corrected chi connectivity index (χ4v) is 3.62. The average molecular weight is 389 g/mol. The number of ether oxygens (including phenoxy) is 1. The first-order valence-corrected chi connectivity index (χ1v) is 8.68. The molecule has 0 aromatic carbocycles. The van der Waals surface area contributed by atoms with Crippen molar-refractivity contribution in [2.75, 3.05) is 18.5 Å².